The van der Waals surface area contributed by atoms with Gasteiger partial charge in [0.15, 0.2) is 22.9 Å². The molecule has 0 saturated heterocycles. The van der Waals surface area contributed by atoms with Gasteiger partial charge in [-0.1, -0.05) is 23.9 Å². The van der Waals surface area contributed by atoms with Crippen molar-refractivity contribution in [2.45, 2.75) is 31.7 Å². The fraction of sp³-hybridized carbons (Fsp3) is 0.250. The highest BCUT2D eigenvalue weighted by Crippen LogP contribution is 2.27. The average molecular weight is 467 g/mol. The number of ether oxygens (including phenoxy) is 2. The molecular formula is C24H26N4O4S. The number of ketones is 1. The summed E-state index contributed by atoms with van der Waals surface area (Å²) < 4.78 is 13.1. The Kier molecular flexibility index (Phi) is 8.26. The molecule has 0 saturated carbocycles. The number of carbonyl (C=O) groups excluding carboxylic acids is 2. The van der Waals surface area contributed by atoms with Crippen LogP contribution in [0.4, 0.5) is 5.69 Å². The van der Waals surface area contributed by atoms with Gasteiger partial charge in [0, 0.05) is 23.9 Å². The van der Waals surface area contributed by atoms with Crippen molar-refractivity contribution in [3.8, 4) is 11.5 Å². The predicted molar refractivity (Wildman–Crippen MR) is 128 cm³/mol. The minimum absolute atomic E-state index is 0.0228. The van der Waals surface area contributed by atoms with Gasteiger partial charge in [-0.15, -0.1) is 16.8 Å². The van der Waals surface area contributed by atoms with Gasteiger partial charge in [0.25, 0.3) is 0 Å². The molecule has 1 amide bonds. The number of aromatic nitrogens is 3. The third kappa shape index (κ3) is 6.45. The number of nitrogens with one attached hydrogen (secondary N) is 1. The van der Waals surface area contributed by atoms with Gasteiger partial charge in [-0.25, -0.2) is 0 Å². The maximum Gasteiger partial charge on any atom is 0.234 e. The van der Waals surface area contributed by atoms with Gasteiger partial charge in [0.1, 0.15) is 11.5 Å². The monoisotopic (exact) mass is 466 g/mol. The fourth-order valence-corrected chi connectivity index (χ4v) is 3.81. The fourth-order valence-electron chi connectivity index (χ4n) is 3.05. The number of nitrogens with zero attached hydrogens (tertiary/aromatic N) is 3. The molecule has 0 radical (unpaired) electrons. The van der Waals surface area contributed by atoms with E-state index in [4.69, 9.17) is 9.47 Å². The smallest absolute Gasteiger partial charge is 0.234 e. The van der Waals surface area contributed by atoms with Gasteiger partial charge < -0.3 is 14.8 Å². The third-order valence-electron chi connectivity index (χ3n) is 4.68. The first-order valence-electron chi connectivity index (χ1n) is 10.3. The molecule has 9 heteroatoms. The molecule has 1 N–H and O–H groups in total. The average Bonchev–Trinajstić information content (AvgIpc) is 3.21. The van der Waals surface area contributed by atoms with E-state index >= 15 is 0 Å². The second-order valence-electron chi connectivity index (χ2n) is 7.15. The summed E-state index contributed by atoms with van der Waals surface area (Å²) in [6.45, 7) is 7.67. The van der Waals surface area contributed by atoms with Crippen molar-refractivity contribution in [3.05, 3.63) is 72.6 Å². The van der Waals surface area contributed by atoms with Crippen LogP contribution in [0, 0.1) is 0 Å². The summed E-state index contributed by atoms with van der Waals surface area (Å²) in [4.78, 5) is 23.8. The number of allylic oxidation sites excluding steroid dienone is 1. The lowest BCUT2D eigenvalue weighted by Crippen LogP contribution is -2.15. The number of carbonyl (C=O) groups is 2. The van der Waals surface area contributed by atoms with Gasteiger partial charge in [-0.05, 0) is 50.2 Å². The van der Waals surface area contributed by atoms with E-state index in [2.05, 4.69) is 22.1 Å². The highest BCUT2D eigenvalue weighted by molar-refractivity contribution is 7.99. The SMILES string of the molecule is C=CCn1c(SCC(=O)Nc2ccc(C(C)=O)cc2)nnc1C(C)Oc1cccc(OC)c1. The molecule has 3 rings (SSSR count). The van der Waals surface area contributed by atoms with Gasteiger partial charge >= 0.3 is 0 Å². The largest absolute Gasteiger partial charge is 0.497 e. The van der Waals surface area contributed by atoms with E-state index in [1.165, 1.54) is 18.7 Å². The summed E-state index contributed by atoms with van der Waals surface area (Å²) in [6, 6.07) is 14.1. The Morgan fingerprint density at radius 2 is 1.91 bits per heavy atom. The Morgan fingerprint density at radius 3 is 2.58 bits per heavy atom. The van der Waals surface area contributed by atoms with E-state index in [1.807, 2.05) is 29.7 Å². The third-order valence-corrected chi connectivity index (χ3v) is 5.65. The van der Waals surface area contributed by atoms with Crippen LogP contribution in [-0.2, 0) is 11.3 Å². The van der Waals surface area contributed by atoms with Crippen molar-refractivity contribution in [1.29, 1.82) is 0 Å². The zero-order valence-corrected chi connectivity index (χ0v) is 19.6. The maximum atomic E-state index is 12.4. The molecule has 1 atom stereocenters. The number of anilines is 1. The van der Waals surface area contributed by atoms with Crippen LogP contribution in [0.15, 0.2) is 66.3 Å². The maximum absolute atomic E-state index is 12.4. The lowest BCUT2D eigenvalue weighted by molar-refractivity contribution is -0.113. The number of hydrogen-bond donors (Lipinski definition) is 1. The van der Waals surface area contributed by atoms with Crippen LogP contribution in [0.2, 0.25) is 0 Å². The topological polar surface area (TPSA) is 95.3 Å². The minimum Gasteiger partial charge on any atom is -0.497 e. The molecule has 172 valence electrons. The first kappa shape index (κ1) is 24.1. The van der Waals surface area contributed by atoms with Crippen LogP contribution in [0.5, 0.6) is 11.5 Å². The van der Waals surface area contributed by atoms with Crippen molar-refractivity contribution < 1.29 is 19.1 Å². The summed E-state index contributed by atoms with van der Waals surface area (Å²) in [6.07, 6.45) is 1.36. The van der Waals surface area contributed by atoms with Crippen LogP contribution in [0.25, 0.3) is 0 Å². The second-order valence-corrected chi connectivity index (χ2v) is 8.09. The molecule has 0 aliphatic carbocycles. The molecule has 33 heavy (non-hydrogen) atoms. The van der Waals surface area contributed by atoms with Crippen LogP contribution < -0.4 is 14.8 Å². The Morgan fingerprint density at radius 1 is 1.18 bits per heavy atom. The molecule has 0 aliphatic heterocycles. The standard InChI is InChI=1S/C24H26N4O4S/c1-5-13-28-23(17(3)32-21-8-6-7-20(14-21)31-4)26-27-24(28)33-15-22(30)25-19-11-9-18(10-12-19)16(2)29/h5-12,14,17H,1,13,15H2,2-4H3,(H,25,30). The first-order chi connectivity index (χ1) is 15.9. The van der Waals surface area contributed by atoms with E-state index in [-0.39, 0.29) is 23.5 Å². The summed E-state index contributed by atoms with van der Waals surface area (Å²) in [5.74, 6) is 1.91. The first-order valence-corrected chi connectivity index (χ1v) is 11.3. The lowest BCUT2D eigenvalue weighted by Gasteiger charge is -2.16. The number of hydrogen-bond acceptors (Lipinski definition) is 7. The number of methoxy groups -OCH3 is 1. The summed E-state index contributed by atoms with van der Waals surface area (Å²) >= 11 is 1.27. The van der Waals surface area contributed by atoms with Gasteiger partial charge in [-0.2, -0.15) is 0 Å². The van der Waals surface area contributed by atoms with Gasteiger partial charge in [-0.3, -0.25) is 14.2 Å². The molecule has 0 fully saturated rings. The van der Waals surface area contributed by atoms with Crippen molar-refractivity contribution in [1.82, 2.24) is 14.8 Å². The van der Waals surface area contributed by atoms with Crippen molar-refractivity contribution in [2.75, 3.05) is 18.2 Å². The zero-order valence-electron chi connectivity index (χ0n) is 18.8. The quantitative estimate of drug-likeness (QED) is 0.252. The Bertz CT molecular complexity index is 1130. The van der Waals surface area contributed by atoms with Gasteiger partial charge in [0.05, 0.1) is 12.9 Å². The molecule has 1 aromatic heterocycles. The van der Waals surface area contributed by atoms with E-state index in [1.54, 1.807) is 43.5 Å². The number of benzene rings is 2. The molecular weight excluding hydrogens is 440 g/mol. The Labute approximate surface area is 197 Å². The van der Waals surface area contributed by atoms with Crippen LogP contribution in [0.1, 0.15) is 36.1 Å². The van der Waals surface area contributed by atoms with E-state index in [0.717, 1.165) is 0 Å². The summed E-state index contributed by atoms with van der Waals surface area (Å²) in [5.41, 5.74) is 1.22. The van der Waals surface area contributed by atoms with Gasteiger partial charge in [0.2, 0.25) is 5.91 Å². The molecule has 2 aromatic carbocycles. The zero-order chi connectivity index (χ0) is 23.8. The molecule has 1 heterocycles. The second kappa shape index (κ2) is 11.3. The highest BCUT2D eigenvalue weighted by atomic mass is 32.2. The summed E-state index contributed by atoms with van der Waals surface area (Å²) in [5, 5.41) is 11.9. The van der Waals surface area contributed by atoms with E-state index in [0.29, 0.717) is 40.3 Å². The molecule has 3 aromatic rings. The number of Topliss-reactive ketones (excluding diaryl/α,β-unsaturated/α-hetero) is 1. The summed E-state index contributed by atoms with van der Waals surface area (Å²) in [7, 11) is 1.60. The highest BCUT2D eigenvalue weighted by Gasteiger charge is 2.20. The molecule has 0 bridgehead atoms. The molecule has 8 nitrogen and oxygen atoms in total. The van der Waals surface area contributed by atoms with Crippen molar-refractivity contribution in [2.24, 2.45) is 0 Å². The number of rotatable bonds is 11. The van der Waals surface area contributed by atoms with Crippen LogP contribution >= 0.6 is 11.8 Å². The van der Waals surface area contributed by atoms with Crippen LogP contribution in [0.3, 0.4) is 0 Å². The van der Waals surface area contributed by atoms with Crippen molar-refractivity contribution in [3.63, 3.8) is 0 Å². The molecule has 0 aliphatic rings. The normalized spacial score (nSPS) is 11.5. The van der Waals surface area contributed by atoms with E-state index in [9.17, 15) is 9.59 Å². The van der Waals surface area contributed by atoms with Crippen molar-refractivity contribution >= 4 is 29.1 Å². The Hall–Kier alpha value is -3.59. The predicted octanol–water partition coefficient (Wildman–Crippen LogP) is 4.55. The van der Waals surface area contributed by atoms with E-state index < -0.39 is 0 Å². The Balaban J connectivity index is 1.65. The molecule has 0 spiro atoms. The number of thioether (sulfide) groups is 1. The minimum atomic E-state index is -0.382. The molecule has 1 unspecified atom stereocenters. The number of amides is 1. The lowest BCUT2D eigenvalue weighted by atomic mass is 10.1. The van der Waals surface area contributed by atoms with Crippen LogP contribution in [-0.4, -0.2) is 39.3 Å².